The Kier molecular flexibility index (Phi) is 6.11. The van der Waals surface area contributed by atoms with Gasteiger partial charge in [-0.05, 0) is 27.7 Å². The predicted molar refractivity (Wildman–Crippen MR) is 70.9 cm³/mol. The van der Waals surface area contributed by atoms with E-state index in [-0.39, 0.29) is 11.3 Å². The maximum Gasteiger partial charge on any atom is 0.358 e. The zero-order valence-corrected chi connectivity index (χ0v) is 12.7. The molecular weight excluding hydrogens is 239 g/mol. The molecule has 0 heterocycles. The lowest BCUT2D eigenvalue weighted by atomic mass is 10.4. The maximum atomic E-state index is 11.9. The van der Waals surface area contributed by atoms with Crippen LogP contribution in [-0.2, 0) is 19.1 Å². The summed E-state index contributed by atoms with van der Waals surface area (Å²) in [6.45, 7) is 10.2. The van der Waals surface area contributed by atoms with E-state index in [9.17, 15) is 9.59 Å². The molecule has 4 nitrogen and oxygen atoms in total. The fourth-order valence-corrected chi connectivity index (χ4v) is 5.47. The number of ether oxygens (including phenoxy) is 2. The van der Waals surface area contributed by atoms with E-state index in [1.165, 1.54) is 14.2 Å². The SMILES string of the molecule is COC(=O)C(C(=O)OC)[P+](C)(C(C)C)C(C)C. The number of hydrogen-bond donors (Lipinski definition) is 0. The van der Waals surface area contributed by atoms with Gasteiger partial charge in [0.2, 0.25) is 0 Å². The number of carbonyl (C=O) groups is 2. The van der Waals surface area contributed by atoms with Gasteiger partial charge in [0, 0.05) is 7.26 Å². The standard InChI is InChI=1S/C12H24O4P/c1-8(2)17(7,9(3)4)10(11(13)15-5)12(14)16-6/h8-10H,1-7H3/q+1. The zero-order chi connectivity index (χ0) is 13.8. The third kappa shape index (κ3) is 3.19. The summed E-state index contributed by atoms with van der Waals surface area (Å²) in [5, 5.41) is 0. The smallest absolute Gasteiger partial charge is 0.358 e. The highest BCUT2D eigenvalue weighted by Crippen LogP contribution is 2.67. The van der Waals surface area contributed by atoms with Gasteiger partial charge >= 0.3 is 11.9 Å². The van der Waals surface area contributed by atoms with Crippen LogP contribution in [0.1, 0.15) is 27.7 Å². The van der Waals surface area contributed by atoms with Crippen molar-refractivity contribution in [2.24, 2.45) is 0 Å². The summed E-state index contributed by atoms with van der Waals surface area (Å²) < 4.78 is 9.54. The third-order valence-electron chi connectivity index (χ3n) is 3.63. The fraction of sp³-hybridized carbons (Fsp3) is 0.833. The van der Waals surface area contributed by atoms with Crippen LogP contribution in [-0.4, -0.2) is 49.8 Å². The molecule has 0 spiro atoms. The summed E-state index contributed by atoms with van der Waals surface area (Å²) in [7, 11) is 0.800. The molecule has 0 aromatic carbocycles. The Morgan fingerprint density at radius 3 is 1.35 bits per heavy atom. The summed E-state index contributed by atoms with van der Waals surface area (Å²) in [6, 6.07) is 0. The molecule has 0 fully saturated rings. The van der Waals surface area contributed by atoms with E-state index in [0.717, 1.165) is 0 Å². The van der Waals surface area contributed by atoms with Gasteiger partial charge in [0.05, 0.1) is 32.2 Å². The van der Waals surface area contributed by atoms with Crippen LogP contribution < -0.4 is 0 Å². The van der Waals surface area contributed by atoms with Crippen molar-refractivity contribution in [1.29, 1.82) is 0 Å². The molecule has 0 aliphatic rings. The van der Waals surface area contributed by atoms with Gasteiger partial charge in [-0.3, -0.25) is 0 Å². The molecule has 100 valence electrons. The number of methoxy groups -OCH3 is 2. The Hall–Kier alpha value is -0.630. The zero-order valence-electron chi connectivity index (χ0n) is 11.8. The summed E-state index contributed by atoms with van der Waals surface area (Å²) in [4.78, 5) is 23.7. The lowest BCUT2D eigenvalue weighted by molar-refractivity contribution is -0.150. The molecule has 0 unspecified atom stereocenters. The Bertz CT molecular complexity index is 262. The molecule has 0 aromatic heterocycles. The highest BCUT2D eigenvalue weighted by atomic mass is 31.2. The summed E-state index contributed by atoms with van der Waals surface area (Å²) in [6.07, 6.45) is 0. The van der Waals surface area contributed by atoms with Crippen molar-refractivity contribution in [3.05, 3.63) is 0 Å². The molecule has 0 radical (unpaired) electrons. The second-order valence-electron chi connectivity index (χ2n) is 4.86. The number of hydrogen-bond acceptors (Lipinski definition) is 4. The Morgan fingerprint density at radius 1 is 0.882 bits per heavy atom. The van der Waals surface area contributed by atoms with E-state index >= 15 is 0 Å². The maximum absolute atomic E-state index is 11.9. The minimum absolute atomic E-state index is 0.269. The van der Waals surface area contributed by atoms with Gasteiger partial charge < -0.3 is 9.47 Å². The minimum Gasteiger partial charge on any atom is -0.466 e. The Labute approximate surface area is 104 Å². The summed E-state index contributed by atoms with van der Waals surface area (Å²) >= 11 is 0. The first-order valence-corrected chi connectivity index (χ1v) is 8.19. The largest absolute Gasteiger partial charge is 0.466 e. The molecular formula is C12H24O4P+. The van der Waals surface area contributed by atoms with Gasteiger partial charge in [0.15, 0.2) is 0 Å². The lowest BCUT2D eigenvalue weighted by Crippen LogP contribution is -2.40. The highest BCUT2D eigenvalue weighted by molar-refractivity contribution is 7.78. The van der Waals surface area contributed by atoms with Gasteiger partial charge in [-0.2, -0.15) is 0 Å². The average Bonchev–Trinajstić information content (AvgIpc) is 2.27. The molecule has 0 bridgehead atoms. The van der Waals surface area contributed by atoms with Crippen molar-refractivity contribution in [2.45, 2.75) is 44.7 Å². The van der Waals surface area contributed by atoms with Crippen LogP contribution in [0.3, 0.4) is 0 Å². The molecule has 17 heavy (non-hydrogen) atoms. The lowest BCUT2D eigenvalue weighted by Gasteiger charge is -2.34. The molecule has 5 heteroatoms. The van der Waals surface area contributed by atoms with Crippen LogP contribution in [0.25, 0.3) is 0 Å². The van der Waals surface area contributed by atoms with E-state index in [2.05, 4.69) is 0 Å². The van der Waals surface area contributed by atoms with Crippen LogP contribution in [0.5, 0.6) is 0 Å². The Morgan fingerprint density at radius 2 is 1.18 bits per heavy atom. The first-order chi connectivity index (χ1) is 7.73. The van der Waals surface area contributed by atoms with Gasteiger partial charge in [0.1, 0.15) is 0 Å². The summed E-state index contributed by atoms with van der Waals surface area (Å²) in [5.74, 6) is -0.954. The third-order valence-corrected chi connectivity index (χ3v) is 9.62. The molecule has 0 atom stereocenters. The van der Waals surface area contributed by atoms with Gasteiger partial charge in [-0.25, -0.2) is 9.59 Å². The van der Waals surface area contributed by atoms with Crippen LogP contribution in [0, 0.1) is 0 Å². The molecule has 0 amide bonds. The van der Waals surface area contributed by atoms with Gasteiger partial charge in [-0.1, -0.05) is 0 Å². The van der Waals surface area contributed by atoms with Crippen LogP contribution in [0.4, 0.5) is 0 Å². The van der Waals surface area contributed by atoms with E-state index in [0.29, 0.717) is 0 Å². The van der Waals surface area contributed by atoms with E-state index in [1.54, 1.807) is 0 Å². The first kappa shape index (κ1) is 16.4. The van der Waals surface area contributed by atoms with Crippen molar-refractivity contribution in [3.63, 3.8) is 0 Å². The van der Waals surface area contributed by atoms with Crippen LogP contribution >= 0.6 is 7.26 Å². The molecule has 0 saturated heterocycles. The normalized spacial score (nSPS) is 12.1. The minimum atomic E-state index is -1.82. The predicted octanol–water partition coefficient (Wildman–Crippen LogP) is 2.17. The molecule has 0 aromatic rings. The first-order valence-electron chi connectivity index (χ1n) is 5.74. The topological polar surface area (TPSA) is 52.6 Å². The average molecular weight is 263 g/mol. The van der Waals surface area contributed by atoms with E-state index < -0.39 is 24.9 Å². The molecule has 0 aliphatic carbocycles. The molecule has 0 aliphatic heterocycles. The van der Waals surface area contributed by atoms with Crippen molar-refractivity contribution in [3.8, 4) is 0 Å². The second kappa shape index (κ2) is 6.34. The molecule has 0 rings (SSSR count). The Balaban J connectivity index is 5.54. The van der Waals surface area contributed by atoms with Crippen LogP contribution in [0.2, 0.25) is 0 Å². The van der Waals surface area contributed by atoms with Crippen molar-refractivity contribution >= 4 is 19.2 Å². The number of carbonyl (C=O) groups excluding carboxylic acids is 2. The summed E-state index contributed by atoms with van der Waals surface area (Å²) in [5.41, 5.74) is -0.228. The number of esters is 2. The molecule has 0 saturated carbocycles. The van der Waals surface area contributed by atoms with Gasteiger partial charge in [0.25, 0.3) is 5.66 Å². The number of rotatable bonds is 5. The quantitative estimate of drug-likeness (QED) is 0.433. The van der Waals surface area contributed by atoms with E-state index in [4.69, 9.17) is 9.47 Å². The van der Waals surface area contributed by atoms with Crippen LogP contribution in [0.15, 0.2) is 0 Å². The molecule has 0 N–H and O–H groups in total. The monoisotopic (exact) mass is 263 g/mol. The van der Waals surface area contributed by atoms with Crippen molar-refractivity contribution in [1.82, 2.24) is 0 Å². The van der Waals surface area contributed by atoms with Crippen molar-refractivity contribution in [2.75, 3.05) is 20.9 Å². The second-order valence-corrected chi connectivity index (χ2v) is 9.88. The highest BCUT2D eigenvalue weighted by Gasteiger charge is 2.56. The van der Waals surface area contributed by atoms with Crippen molar-refractivity contribution < 1.29 is 19.1 Å². The van der Waals surface area contributed by atoms with Gasteiger partial charge in [-0.15, -0.1) is 0 Å². The fourth-order valence-electron chi connectivity index (χ4n) is 1.97. The van der Waals surface area contributed by atoms with E-state index in [1.807, 2.05) is 34.4 Å².